The van der Waals surface area contributed by atoms with E-state index in [4.69, 9.17) is 5.11 Å². The molecule has 29 heavy (non-hydrogen) atoms. The van der Waals surface area contributed by atoms with E-state index in [1.807, 2.05) is 42.5 Å². The summed E-state index contributed by atoms with van der Waals surface area (Å²) in [5.41, 5.74) is 2.63. The van der Waals surface area contributed by atoms with Crippen molar-refractivity contribution >= 4 is 23.6 Å². The van der Waals surface area contributed by atoms with Crippen molar-refractivity contribution in [1.82, 2.24) is 15.2 Å². The molecule has 0 spiro atoms. The second-order valence-corrected chi connectivity index (χ2v) is 6.98. The van der Waals surface area contributed by atoms with Gasteiger partial charge in [-0.25, -0.2) is 0 Å². The fraction of sp³-hybridized carbons (Fsp3) is 0.286. The zero-order valence-electron chi connectivity index (χ0n) is 15.9. The number of carboxylic acids is 1. The van der Waals surface area contributed by atoms with E-state index in [1.165, 1.54) is 4.90 Å². The summed E-state index contributed by atoms with van der Waals surface area (Å²) in [7, 11) is 0. The Balaban J connectivity index is 1.73. The Morgan fingerprint density at radius 2 is 1.90 bits per heavy atom. The van der Waals surface area contributed by atoms with Gasteiger partial charge in [0.15, 0.2) is 11.7 Å². The minimum absolute atomic E-state index is 0.211. The molecule has 2 N–H and O–H groups in total. The maximum Gasteiger partial charge on any atom is 0.322 e. The van der Waals surface area contributed by atoms with E-state index < -0.39 is 41.9 Å². The molecular formula is C21H21N3O5. The third kappa shape index (κ3) is 4.66. The Bertz CT molecular complexity index is 927. The third-order valence-corrected chi connectivity index (χ3v) is 4.79. The van der Waals surface area contributed by atoms with Crippen LogP contribution in [0.25, 0.3) is 11.3 Å². The van der Waals surface area contributed by atoms with Gasteiger partial charge in [-0.05, 0) is 17.7 Å². The highest BCUT2D eigenvalue weighted by molar-refractivity contribution is 6.20. The molecule has 8 nitrogen and oxygen atoms in total. The number of Topliss-reactive ketones (excluding diaryl/α,β-unsaturated/α-hetero) is 1. The van der Waals surface area contributed by atoms with E-state index in [-0.39, 0.29) is 13.1 Å². The molecule has 0 radical (unpaired) electrons. The van der Waals surface area contributed by atoms with E-state index in [2.05, 4.69) is 10.3 Å². The molecule has 1 aliphatic heterocycles. The molecule has 0 bridgehead atoms. The standard InChI is InChI=1S/C21H21N3O5/c1-13-11-24(21(29)18(19(13)27)20(28)23-10-17(25)26)12-14-5-7-15(8-6-14)16-4-2-3-9-22-16/h2-9,13,18H,10-12H2,1H3,(H,23,28)(H,25,26). The van der Waals surface area contributed by atoms with E-state index >= 15 is 0 Å². The number of rotatable bonds is 6. The number of benzene rings is 1. The van der Waals surface area contributed by atoms with Crippen molar-refractivity contribution in [2.24, 2.45) is 11.8 Å². The second kappa shape index (κ2) is 8.64. The van der Waals surface area contributed by atoms with Gasteiger partial charge in [0.2, 0.25) is 11.8 Å². The second-order valence-electron chi connectivity index (χ2n) is 6.98. The lowest BCUT2D eigenvalue weighted by Crippen LogP contribution is -2.55. The molecular weight excluding hydrogens is 374 g/mol. The molecule has 1 saturated heterocycles. The predicted molar refractivity (Wildman–Crippen MR) is 103 cm³/mol. The number of carbonyl (C=O) groups excluding carboxylic acids is 3. The van der Waals surface area contributed by atoms with E-state index in [9.17, 15) is 19.2 Å². The predicted octanol–water partition coefficient (Wildman–Crippen LogP) is 1.11. The van der Waals surface area contributed by atoms with Crippen molar-refractivity contribution in [3.8, 4) is 11.3 Å². The average molecular weight is 395 g/mol. The minimum atomic E-state index is -1.51. The summed E-state index contributed by atoms with van der Waals surface area (Å²) in [6.45, 7) is 1.48. The Hall–Kier alpha value is -3.55. The van der Waals surface area contributed by atoms with Crippen molar-refractivity contribution < 1.29 is 24.3 Å². The average Bonchev–Trinajstić information content (AvgIpc) is 2.72. The van der Waals surface area contributed by atoms with E-state index in [1.54, 1.807) is 13.1 Å². The molecule has 0 saturated carbocycles. The molecule has 1 fully saturated rings. The van der Waals surface area contributed by atoms with Crippen LogP contribution in [0.4, 0.5) is 0 Å². The molecule has 2 heterocycles. The first kappa shape index (κ1) is 20.2. The largest absolute Gasteiger partial charge is 0.480 e. The third-order valence-electron chi connectivity index (χ3n) is 4.79. The lowest BCUT2D eigenvalue weighted by molar-refractivity contribution is -0.155. The van der Waals surface area contributed by atoms with Crippen LogP contribution < -0.4 is 5.32 Å². The number of aromatic nitrogens is 1. The zero-order chi connectivity index (χ0) is 21.0. The maximum atomic E-state index is 12.7. The summed E-state index contributed by atoms with van der Waals surface area (Å²) in [5.74, 6) is -5.23. The minimum Gasteiger partial charge on any atom is -0.480 e. The number of hydrogen-bond acceptors (Lipinski definition) is 5. The van der Waals surface area contributed by atoms with Crippen LogP contribution >= 0.6 is 0 Å². The summed E-state index contributed by atoms with van der Waals surface area (Å²) in [4.78, 5) is 53.7. The van der Waals surface area contributed by atoms with Gasteiger partial charge in [-0.15, -0.1) is 0 Å². The highest BCUT2D eigenvalue weighted by atomic mass is 16.4. The molecule has 0 aliphatic carbocycles. The van der Waals surface area contributed by atoms with Crippen LogP contribution in [0.15, 0.2) is 48.7 Å². The van der Waals surface area contributed by atoms with Gasteiger partial charge >= 0.3 is 5.97 Å². The topological polar surface area (TPSA) is 117 Å². The summed E-state index contributed by atoms with van der Waals surface area (Å²) in [6, 6.07) is 13.2. The molecule has 2 unspecified atom stereocenters. The number of ketones is 1. The Kier molecular flexibility index (Phi) is 6.01. The Morgan fingerprint density at radius 1 is 1.17 bits per heavy atom. The van der Waals surface area contributed by atoms with Crippen LogP contribution in [-0.2, 0) is 25.7 Å². The van der Waals surface area contributed by atoms with Crippen LogP contribution in [0.5, 0.6) is 0 Å². The Morgan fingerprint density at radius 3 is 2.52 bits per heavy atom. The van der Waals surface area contributed by atoms with Crippen molar-refractivity contribution in [3.05, 3.63) is 54.2 Å². The summed E-state index contributed by atoms with van der Waals surface area (Å²) in [5, 5.41) is 10.8. The number of carboxylic acid groups (broad SMARTS) is 1. The number of carbonyl (C=O) groups is 4. The van der Waals surface area contributed by atoms with Gasteiger partial charge in [-0.1, -0.05) is 37.3 Å². The highest BCUT2D eigenvalue weighted by Crippen LogP contribution is 2.23. The number of hydrogen-bond donors (Lipinski definition) is 2. The smallest absolute Gasteiger partial charge is 0.322 e. The number of nitrogens with one attached hydrogen (secondary N) is 1. The van der Waals surface area contributed by atoms with Crippen LogP contribution in [0, 0.1) is 11.8 Å². The van der Waals surface area contributed by atoms with Gasteiger partial charge < -0.3 is 15.3 Å². The molecule has 1 aliphatic rings. The monoisotopic (exact) mass is 395 g/mol. The highest BCUT2D eigenvalue weighted by Gasteiger charge is 2.44. The van der Waals surface area contributed by atoms with E-state index in [0.717, 1.165) is 16.8 Å². The van der Waals surface area contributed by atoms with Gasteiger partial charge in [-0.3, -0.25) is 24.2 Å². The number of aliphatic carboxylic acids is 1. The summed E-state index contributed by atoms with van der Waals surface area (Å²) in [6.07, 6.45) is 1.71. The van der Waals surface area contributed by atoms with Gasteiger partial charge in [0.1, 0.15) is 6.54 Å². The van der Waals surface area contributed by atoms with Crippen LogP contribution in [0.3, 0.4) is 0 Å². The van der Waals surface area contributed by atoms with E-state index in [0.29, 0.717) is 0 Å². The fourth-order valence-electron chi connectivity index (χ4n) is 3.28. The summed E-state index contributed by atoms with van der Waals surface area (Å²) < 4.78 is 0. The van der Waals surface area contributed by atoms with Crippen LogP contribution in [0.2, 0.25) is 0 Å². The molecule has 1 aromatic heterocycles. The summed E-state index contributed by atoms with van der Waals surface area (Å²) >= 11 is 0. The molecule has 2 amide bonds. The molecule has 1 aromatic carbocycles. The van der Waals surface area contributed by atoms with Crippen molar-refractivity contribution in [2.45, 2.75) is 13.5 Å². The molecule has 150 valence electrons. The maximum absolute atomic E-state index is 12.7. The first-order valence-electron chi connectivity index (χ1n) is 9.19. The molecule has 8 heteroatoms. The van der Waals surface area contributed by atoms with Gasteiger partial charge in [0, 0.05) is 30.8 Å². The quantitative estimate of drug-likeness (QED) is 0.708. The SMILES string of the molecule is CC1CN(Cc2ccc(-c3ccccn3)cc2)C(=O)C(C(=O)NCC(=O)O)C1=O. The molecule has 2 atom stereocenters. The number of amides is 2. The van der Waals surface area contributed by atoms with Crippen molar-refractivity contribution in [1.29, 1.82) is 0 Å². The van der Waals surface area contributed by atoms with Gasteiger partial charge in [-0.2, -0.15) is 0 Å². The number of nitrogens with zero attached hydrogens (tertiary/aromatic N) is 2. The van der Waals surface area contributed by atoms with Gasteiger partial charge in [0.05, 0.1) is 5.69 Å². The number of pyridine rings is 1. The number of likely N-dealkylation sites (tertiary alicyclic amines) is 1. The zero-order valence-corrected chi connectivity index (χ0v) is 15.9. The van der Waals surface area contributed by atoms with Crippen LogP contribution in [0.1, 0.15) is 12.5 Å². The Labute approximate surface area is 167 Å². The first-order chi connectivity index (χ1) is 13.9. The van der Waals surface area contributed by atoms with Gasteiger partial charge in [0.25, 0.3) is 0 Å². The molecule has 3 rings (SSSR count). The number of piperidine rings is 1. The fourth-order valence-corrected chi connectivity index (χ4v) is 3.28. The first-order valence-corrected chi connectivity index (χ1v) is 9.19. The van der Waals surface area contributed by atoms with Crippen LogP contribution in [-0.4, -0.2) is 51.6 Å². The lowest BCUT2D eigenvalue weighted by atomic mass is 9.87. The van der Waals surface area contributed by atoms with Crippen molar-refractivity contribution in [2.75, 3.05) is 13.1 Å². The molecule has 2 aromatic rings. The van der Waals surface area contributed by atoms with Crippen molar-refractivity contribution in [3.63, 3.8) is 0 Å². The lowest BCUT2D eigenvalue weighted by Gasteiger charge is -2.34. The normalized spacial score (nSPS) is 19.1.